The molecule has 1 aromatic carbocycles. The van der Waals surface area contributed by atoms with Gasteiger partial charge in [-0.05, 0) is 55.6 Å². The van der Waals surface area contributed by atoms with Gasteiger partial charge in [0.05, 0.1) is 0 Å². The van der Waals surface area contributed by atoms with Gasteiger partial charge in [0.25, 0.3) is 0 Å². The van der Waals surface area contributed by atoms with E-state index in [-0.39, 0.29) is 23.7 Å². The molecule has 22 heavy (non-hydrogen) atoms. The number of rotatable bonds is 4. The second kappa shape index (κ2) is 6.78. The zero-order valence-corrected chi connectivity index (χ0v) is 12.9. The molecule has 0 aliphatic heterocycles. The molecule has 2 saturated carbocycles. The first kappa shape index (κ1) is 15.5. The number of benzene rings is 1. The van der Waals surface area contributed by atoms with E-state index in [1.54, 1.807) is 12.1 Å². The molecule has 0 aromatic heterocycles. The summed E-state index contributed by atoms with van der Waals surface area (Å²) in [6.45, 7) is 0.498. The lowest BCUT2D eigenvalue weighted by Crippen LogP contribution is -2.49. The van der Waals surface area contributed by atoms with Crippen molar-refractivity contribution >= 4 is 5.91 Å². The van der Waals surface area contributed by atoms with Crippen molar-refractivity contribution in [2.24, 2.45) is 23.5 Å². The zero-order valence-electron chi connectivity index (χ0n) is 12.9. The summed E-state index contributed by atoms with van der Waals surface area (Å²) in [5.74, 6) is 1.04. The van der Waals surface area contributed by atoms with Crippen molar-refractivity contribution in [1.29, 1.82) is 0 Å². The molecular weight excluding hydrogens is 279 g/mol. The van der Waals surface area contributed by atoms with Gasteiger partial charge in [-0.3, -0.25) is 4.79 Å². The highest BCUT2D eigenvalue weighted by Gasteiger charge is 2.40. The summed E-state index contributed by atoms with van der Waals surface area (Å²) in [6.07, 6.45) is 5.96. The van der Waals surface area contributed by atoms with Gasteiger partial charge in [0.2, 0.25) is 5.91 Å². The Labute approximate surface area is 131 Å². The van der Waals surface area contributed by atoms with Crippen LogP contribution in [0.4, 0.5) is 4.39 Å². The molecule has 0 heterocycles. The molecule has 120 valence electrons. The summed E-state index contributed by atoms with van der Waals surface area (Å²) in [5, 5.41) is 2.99. The highest BCUT2D eigenvalue weighted by atomic mass is 19.1. The van der Waals surface area contributed by atoms with Crippen LogP contribution in [0.5, 0.6) is 0 Å². The van der Waals surface area contributed by atoms with E-state index in [9.17, 15) is 9.18 Å². The minimum atomic E-state index is -0.199. The van der Waals surface area contributed by atoms with Gasteiger partial charge < -0.3 is 11.1 Å². The largest absolute Gasteiger partial charge is 0.356 e. The Kier molecular flexibility index (Phi) is 4.77. The van der Waals surface area contributed by atoms with Crippen molar-refractivity contribution in [1.82, 2.24) is 5.32 Å². The lowest BCUT2D eigenvalue weighted by Gasteiger charge is -2.43. The second-order valence-electron chi connectivity index (χ2n) is 6.83. The summed E-state index contributed by atoms with van der Waals surface area (Å²) in [6, 6.07) is 7.02. The smallest absolute Gasteiger partial charge is 0.223 e. The van der Waals surface area contributed by atoms with Gasteiger partial charge in [-0.1, -0.05) is 24.6 Å². The number of carbonyl (C=O) groups excluding carboxylic acids is 1. The molecule has 1 amide bonds. The van der Waals surface area contributed by atoms with Crippen LogP contribution in [0, 0.1) is 23.6 Å². The van der Waals surface area contributed by atoms with Crippen molar-refractivity contribution in [3.63, 3.8) is 0 Å². The first-order valence-corrected chi connectivity index (χ1v) is 8.42. The molecular formula is C18H25FN2O. The molecule has 2 atom stereocenters. The number of nitrogens with one attached hydrogen (secondary N) is 1. The highest BCUT2D eigenvalue weighted by Crippen LogP contribution is 2.41. The fraction of sp³-hybridized carbons (Fsp3) is 0.611. The third kappa shape index (κ3) is 3.32. The minimum absolute atomic E-state index is 0.0933. The zero-order chi connectivity index (χ0) is 15.5. The predicted molar refractivity (Wildman–Crippen MR) is 84.6 cm³/mol. The Balaban J connectivity index is 1.49. The van der Waals surface area contributed by atoms with Crippen LogP contribution in [-0.4, -0.2) is 18.5 Å². The number of carbonyl (C=O) groups is 1. The number of fused-ring (bicyclic) bond motifs is 2. The van der Waals surface area contributed by atoms with Crippen molar-refractivity contribution < 1.29 is 9.18 Å². The van der Waals surface area contributed by atoms with Gasteiger partial charge in [-0.15, -0.1) is 0 Å². The third-order valence-electron chi connectivity index (χ3n) is 5.44. The van der Waals surface area contributed by atoms with Gasteiger partial charge in [-0.25, -0.2) is 4.39 Å². The highest BCUT2D eigenvalue weighted by molar-refractivity contribution is 5.78. The summed E-state index contributed by atoms with van der Waals surface area (Å²) < 4.78 is 13.5. The van der Waals surface area contributed by atoms with E-state index >= 15 is 0 Å². The van der Waals surface area contributed by atoms with Crippen molar-refractivity contribution in [2.45, 2.75) is 44.6 Å². The molecule has 2 aliphatic rings. The molecule has 0 saturated heterocycles. The molecule has 1 aromatic rings. The van der Waals surface area contributed by atoms with Crippen LogP contribution in [-0.2, 0) is 11.2 Å². The van der Waals surface area contributed by atoms with Crippen LogP contribution in [0.3, 0.4) is 0 Å². The third-order valence-corrected chi connectivity index (χ3v) is 5.44. The lowest BCUT2D eigenvalue weighted by atomic mass is 9.65. The molecule has 2 fully saturated rings. The fourth-order valence-corrected chi connectivity index (χ4v) is 4.17. The SMILES string of the molecule is NC1C2CCCC1CC(C(=O)NCCc1ccccc1F)C2. The van der Waals surface area contributed by atoms with Crippen LogP contribution < -0.4 is 11.1 Å². The molecule has 3 N–H and O–H groups in total. The summed E-state index contributed by atoms with van der Waals surface area (Å²) >= 11 is 0. The van der Waals surface area contributed by atoms with Gasteiger partial charge in [-0.2, -0.15) is 0 Å². The van der Waals surface area contributed by atoms with Crippen molar-refractivity contribution in [2.75, 3.05) is 6.54 Å². The topological polar surface area (TPSA) is 55.1 Å². The van der Waals surface area contributed by atoms with E-state index in [1.165, 1.54) is 12.5 Å². The molecule has 2 bridgehead atoms. The Bertz CT molecular complexity index is 520. The monoisotopic (exact) mass is 304 g/mol. The van der Waals surface area contributed by atoms with Gasteiger partial charge in [0.1, 0.15) is 5.82 Å². The van der Waals surface area contributed by atoms with E-state index in [1.807, 2.05) is 6.07 Å². The summed E-state index contributed by atoms with van der Waals surface area (Å²) in [7, 11) is 0. The van der Waals surface area contributed by atoms with Crippen LogP contribution >= 0.6 is 0 Å². The number of nitrogens with two attached hydrogens (primary N) is 1. The van der Waals surface area contributed by atoms with E-state index in [0.717, 1.165) is 25.7 Å². The number of hydrogen-bond acceptors (Lipinski definition) is 2. The minimum Gasteiger partial charge on any atom is -0.356 e. The first-order valence-electron chi connectivity index (χ1n) is 8.42. The maximum atomic E-state index is 13.5. The Morgan fingerprint density at radius 3 is 2.59 bits per heavy atom. The number of hydrogen-bond donors (Lipinski definition) is 2. The van der Waals surface area contributed by atoms with Crippen LogP contribution in [0.1, 0.15) is 37.7 Å². The molecule has 4 heteroatoms. The van der Waals surface area contributed by atoms with Crippen LogP contribution in [0.2, 0.25) is 0 Å². The Morgan fingerprint density at radius 2 is 1.91 bits per heavy atom. The Hall–Kier alpha value is -1.42. The fourth-order valence-electron chi connectivity index (χ4n) is 4.17. The van der Waals surface area contributed by atoms with Crippen molar-refractivity contribution in [3.8, 4) is 0 Å². The standard InChI is InChI=1S/C18H25FN2O/c19-16-7-2-1-4-12(16)8-9-21-18(22)15-10-13-5-3-6-14(11-15)17(13)20/h1-2,4,7,13-15,17H,3,5-6,8-11,20H2,(H,21,22). The van der Waals surface area contributed by atoms with Gasteiger partial charge in [0, 0.05) is 18.5 Å². The lowest BCUT2D eigenvalue weighted by molar-refractivity contribution is -0.127. The summed E-state index contributed by atoms with van der Waals surface area (Å²) in [5.41, 5.74) is 6.92. The van der Waals surface area contributed by atoms with E-state index in [2.05, 4.69) is 5.32 Å². The maximum absolute atomic E-state index is 13.5. The maximum Gasteiger partial charge on any atom is 0.223 e. The van der Waals surface area contributed by atoms with Crippen LogP contribution in [0.25, 0.3) is 0 Å². The summed E-state index contributed by atoms with van der Waals surface area (Å²) in [4.78, 5) is 12.4. The van der Waals surface area contributed by atoms with Crippen molar-refractivity contribution in [3.05, 3.63) is 35.6 Å². The van der Waals surface area contributed by atoms with Crippen LogP contribution in [0.15, 0.2) is 24.3 Å². The van der Waals surface area contributed by atoms with E-state index in [0.29, 0.717) is 30.4 Å². The molecule has 2 unspecified atom stereocenters. The normalized spacial score (nSPS) is 30.8. The van der Waals surface area contributed by atoms with Gasteiger partial charge >= 0.3 is 0 Å². The van der Waals surface area contributed by atoms with E-state index < -0.39 is 0 Å². The molecule has 3 rings (SSSR count). The first-order chi connectivity index (χ1) is 10.6. The quantitative estimate of drug-likeness (QED) is 0.898. The molecule has 0 spiro atoms. The van der Waals surface area contributed by atoms with Gasteiger partial charge in [0.15, 0.2) is 0 Å². The average molecular weight is 304 g/mol. The number of amides is 1. The van der Waals surface area contributed by atoms with E-state index in [4.69, 9.17) is 5.73 Å². The average Bonchev–Trinajstić information content (AvgIpc) is 2.49. The number of halogens is 1. The predicted octanol–water partition coefficient (Wildman–Crippen LogP) is 2.64. The molecule has 0 radical (unpaired) electrons. The second-order valence-corrected chi connectivity index (χ2v) is 6.83. The molecule has 3 nitrogen and oxygen atoms in total. The molecule has 2 aliphatic carbocycles. The Morgan fingerprint density at radius 1 is 1.23 bits per heavy atom.